The van der Waals surface area contributed by atoms with Crippen molar-refractivity contribution in [2.75, 3.05) is 0 Å². The van der Waals surface area contributed by atoms with E-state index in [0.29, 0.717) is 6.42 Å². The van der Waals surface area contributed by atoms with Crippen LogP contribution in [0.2, 0.25) is 0 Å². The molecule has 0 spiro atoms. The van der Waals surface area contributed by atoms with E-state index in [1.54, 1.807) is 12.3 Å². The number of rotatable bonds is 2. The van der Waals surface area contributed by atoms with Crippen LogP contribution in [0.1, 0.15) is 5.56 Å². The average Bonchev–Trinajstić information content (AvgIpc) is 1.88. The molecule has 1 radical (unpaired) electrons. The van der Waals surface area contributed by atoms with Crippen molar-refractivity contribution in [3.63, 3.8) is 0 Å². The molecule has 1 N–H and O–H groups in total. The van der Waals surface area contributed by atoms with Crippen LogP contribution in [-0.4, -0.2) is 4.98 Å². The fourth-order valence-corrected chi connectivity index (χ4v) is 0.716. The predicted octanol–water partition coefficient (Wildman–Crippen LogP) is 0.904. The third-order valence-electron chi connectivity index (χ3n) is 1.14. The number of H-pyrrole nitrogens is 1. The predicted molar refractivity (Wildman–Crippen MR) is 39.8 cm³/mol. The van der Waals surface area contributed by atoms with Gasteiger partial charge in [-0.25, -0.2) is 0 Å². The minimum absolute atomic E-state index is 0.181. The van der Waals surface area contributed by atoms with E-state index in [1.807, 2.05) is 6.07 Å². The number of aromatic amines is 1. The molecule has 2 heteroatoms. The van der Waals surface area contributed by atoms with Crippen molar-refractivity contribution in [3.8, 4) is 0 Å². The lowest BCUT2D eigenvalue weighted by molar-refractivity contribution is 1.16. The fraction of sp³-hybridized carbons (Fsp3) is 0.125. The van der Waals surface area contributed by atoms with Crippen molar-refractivity contribution >= 4 is 0 Å². The molecule has 0 aliphatic rings. The zero-order chi connectivity index (χ0) is 7.40. The lowest BCUT2D eigenvalue weighted by atomic mass is 10.2. The van der Waals surface area contributed by atoms with Crippen LogP contribution in [0, 0.1) is 6.07 Å². The van der Waals surface area contributed by atoms with Gasteiger partial charge >= 0.3 is 0 Å². The van der Waals surface area contributed by atoms with Crippen LogP contribution in [0.15, 0.2) is 29.7 Å². The summed E-state index contributed by atoms with van der Waals surface area (Å²) >= 11 is 0. The Hall–Kier alpha value is -1.31. The molecule has 0 fully saturated rings. The quantitative estimate of drug-likeness (QED) is 0.599. The number of nitrogens with one attached hydrogen (secondary N) is 1. The van der Waals surface area contributed by atoms with E-state index < -0.39 is 0 Å². The van der Waals surface area contributed by atoms with Crippen LogP contribution < -0.4 is 5.56 Å². The Morgan fingerprint density at radius 3 is 3.20 bits per heavy atom. The Labute approximate surface area is 59.2 Å². The highest BCUT2D eigenvalue weighted by Crippen LogP contribution is 1.92. The Bertz CT molecular complexity index is 275. The van der Waals surface area contributed by atoms with Gasteiger partial charge in [0.05, 0.1) is 6.07 Å². The van der Waals surface area contributed by atoms with Gasteiger partial charge in [0.25, 0.3) is 5.56 Å². The third-order valence-corrected chi connectivity index (χ3v) is 1.14. The van der Waals surface area contributed by atoms with Crippen molar-refractivity contribution in [1.29, 1.82) is 0 Å². The second kappa shape index (κ2) is 3.01. The molecule has 10 heavy (non-hydrogen) atoms. The maximum Gasteiger partial charge on any atom is 0.256 e. The molecular weight excluding hydrogens is 126 g/mol. The van der Waals surface area contributed by atoms with Crippen LogP contribution in [0.3, 0.4) is 0 Å². The summed E-state index contributed by atoms with van der Waals surface area (Å²) in [5.74, 6) is 0. The van der Waals surface area contributed by atoms with Gasteiger partial charge in [-0.15, -0.1) is 6.58 Å². The molecule has 0 aliphatic carbocycles. The first-order chi connectivity index (χ1) is 4.83. The number of hydrogen-bond donors (Lipinski definition) is 1. The second-order valence-electron chi connectivity index (χ2n) is 1.95. The summed E-state index contributed by atoms with van der Waals surface area (Å²) in [7, 11) is 0. The van der Waals surface area contributed by atoms with E-state index in [-0.39, 0.29) is 5.56 Å². The fourth-order valence-electron chi connectivity index (χ4n) is 0.716. The van der Waals surface area contributed by atoms with Gasteiger partial charge < -0.3 is 4.98 Å². The first-order valence-corrected chi connectivity index (χ1v) is 3.03. The Balaban J connectivity index is 2.95. The molecule has 1 aromatic rings. The largest absolute Gasteiger partial charge is 0.329 e. The van der Waals surface area contributed by atoms with Gasteiger partial charge in [-0.2, -0.15) is 0 Å². The van der Waals surface area contributed by atoms with Gasteiger partial charge in [0, 0.05) is 6.20 Å². The van der Waals surface area contributed by atoms with Gasteiger partial charge in [-0.1, -0.05) is 6.08 Å². The highest BCUT2D eigenvalue weighted by atomic mass is 16.1. The van der Waals surface area contributed by atoms with Crippen molar-refractivity contribution < 1.29 is 0 Å². The summed E-state index contributed by atoms with van der Waals surface area (Å²) in [6, 6.07) is 4.43. The lowest BCUT2D eigenvalue weighted by Gasteiger charge is -1.90. The average molecular weight is 134 g/mol. The number of pyridine rings is 1. The van der Waals surface area contributed by atoms with E-state index in [4.69, 9.17) is 0 Å². The summed E-state index contributed by atoms with van der Waals surface area (Å²) in [5, 5.41) is 0. The normalized spacial score (nSPS) is 9.20. The van der Waals surface area contributed by atoms with E-state index in [1.165, 1.54) is 0 Å². The molecule has 0 aromatic carbocycles. The maximum atomic E-state index is 10.6. The Morgan fingerprint density at radius 2 is 2.60 bits per heavy atom. The van der Waals surface area contributed by atoms with Gasteiger partial charge in [-0.05, 0) is 18.1 Å². The third kappa shape index (κ3) is 1.58. The Kier molecular flexibility index (Phi) is 2.05. The van der Waals surface area contributed by atoms with E-state index in [2.05, 4.69) is 17.6 Å². The molecule has 0 aliphatic heterocycles. The van der Waals surface area contributed by atoms with Crippen molar-refractivity contribution in [2.45, 2.75) is 6.42 Å². The van der Waals surface area contributed by atoms with Crippen molar-refractivity contribution in [1.82, 2.24) is 4.98 Å². The zero-order valence-corrected chi connectivity index (χ0v) is 5.55. The summed E-state index contributed by atoms with van der Waals surface area (Å²) in [6.45, 7) is 3.55. The standard InChI is InChI=1S/C8H8NO/c1-2-3-7-4-5-9-8(10)6-7/h2,4-5H,1,3H2,(H,9,10). The molecule has 0 saturated carbocycles. The maximum absolute atomic E-state index is 10.6. The second-order valence-corrected chi connectivity index (χ2v) is 1.95. The van der Waals surface area contributed by atoms with Crippen LogP contribution in [-0.2, 0) is 6.42 Å². The molecule has 2 nitrogen and oxygen atoms in total. The van der Waals surface area contributed by atoms with Gasteiger partial charge in [0.15, 0.2) is 0 Å². The van der Waals surface area contributed by atoms with Gasteiger partial charge in [-0.3, -0.25) is 4.79 Å². The minimum Gasteiger partial charge on any atom is -0.329 e. The molecule has 1 heterocycles. The lowest BCUT2D eigenvalue weighted by Crippen LogP contribution is -2.04. The summed E-state index contributed by atoms with van der Waals surface area (Å²) < 4.78 is 0. The van der Waals surface area contributed by atoms with E-state index in [0.717, 1.165) is 5.56 Å². The number of hydrogen-bond acceptors (Lipinski definition) is 1. The summed E-state index contributed by atoms with van der Waals surface area (Å²) in [5.41, 5.74) is 0.693. The number of allylic oxidation sites excluding steroid dienone is 1. The van der Waals surface area contributed by atoms with Gasteiger partial charge in [0.1, 0.15) is 0 Å². The molecule has 1 aromatic heterocycles. The molecule has 1 rings (SSSR count). The first kappa shape index (κ1) is 6.81. The molecule has 51 valence electrons. The first-order valence-electron chi connectivity index (χ1n) is 3.03. The molecule has 0 amide bonds. The molecule has 0 unspecified atom stereocenters. The van der Waals surface area contributed by atoms with Crippen LogP contribution in [0.5, 0.6) is 0 Å². The summed E-state index contributed by atoms with van der Waals surface area (Å²) in [6.07, 6.45) is 4.05. The Morgan fingerprint density at radius 1 is 1.80 bits per heavy atom. The highest BCUT2D eigenvalue weighted by Gasteiger charge is 1.88. The van der Waals surface area contributed by atoms with E-state index in [9.17, 15) is 4.79 Å². The molecule has 0 saturated heterocycles. The number of aromatic nitrogens is 1. The smallest absolute Gasteiger partial charge is 0.256 e. The SMILES string of the molecule is C=CCc1[c]c(=O)[nH]cc1. The topological polar surface area (TPSA) is 32.9 Å². The van der Waals surface area contributed by atoms with Gasteiger partial charge in [0.2, 0.25) is 0 Å². The molecule has 0 atom stereocenters. The zero-order valence-electron chi connectivity index (χ0n) is 5.55. The van der Waals surface area contributed by atoms with Crippen molar-refractivity contribution in [3.05, 3.63) is 46.9 Å². The molecular formula is C8H8NO. The van der Waals surface area contributed by atoms with Crippen LogP contribution >= 0.6 is 0 Å². The van der Waals surface area contributed by atoms with Crippen LogP contribution in [0.4, 0.5) is 0 Å². The summed E-state index contributed by atoms with van der Waals surface area (Å²) in [4.78, 5) is 13.1. The van der Waals surface area contributed by atoms with E-state index >= 15 is 0 Å². The van der Waals surface area contributed by atoms with Crippen LogP contribution in [0.25, 0.3) is 0 Å². The minimum atomic E-state index is -0.181. The highest BCUT2D eigenvalue weighted by molar-refractivity contribution is 5.11. The molecule has 0 bridgehead atoms. The van der Waals surface area contributed by atoms with Crippen molar-refractivity contribution in [2.24, 2.45) is 0 Å². The monoisotopic (exact) mass is 134 g/mol.